The van der Waals surface area contributed by atoms with Crippen molar-refractivity contribution in [2.24, 2.45) is 0 Å². The van der Waals surface area contributed by atoms with E-state index in [-0.39, 0.29) is 6.10 Å². The van der Waals surface area contributed by atoms with Crippen molar-refractivity contribution in [1.29, 1.82) is 0 Å². The zero-order valence-electron chi connectivity index (χ0n) is 8.10. The van der Waals surface area contributed by atoms with Crippen LogP contribution in [0, 0.1) is 0 Å². The van der Waals surface area contributed by atoms with Crippen molar-refractivity contribution >= 4 is 11.8 Å². The van der Waals surface area contributed by atoms with Crippen LogP contribution >= 0.6 is 11.8 Å². The third kappa shape index (κ3) is 3.83. The van der Waals surface area contributed by atoms with Gasteiger partial charge in [-0.2, -0.15) is 11.8 Å². The summed E-state index contributed by atoms with van der Waals surface area (Å²) in [5.74, 6) is 0.979. The molecule has 0 heterocycles. The molecule has 2 heteroatoms. The maximum atomic E-state index is 9.28. The molecule has 0 aliphatic rings. The van der Waals surface area contributed by atoms with Crippen molar-refractivity contribution in [3.63, 3.8) is 0 Å². The standard InChI is InChI=1S/C11H16OS/c1-9(12)10(2)13-8-11-6-4-3-5-7-11/h3-7,9-10,12H,8H2,1-2H3. The van der Waals surface area contributed by atoms with Gasteiger partial charge < -0.3 is 5.11 Å². The fourth-order valence-electron chi connectivity index (χ4n) is 0.941. The predicted octanol–water partition coefficient (Wildman–Crippen LogP) is 2.69. The van der Waals surface area contributed by atoms with E-state index in [4.69, 9.17) is 0 Å². The van der Waals surface area contributed by atoms with Gasteiger partial charge in [0, 0.05) is 11.0 Å². The average molecular weight is 196 g/mol. The van der Waals surface area contributed by atoms with E-state index in [1.165, 1.54) is 5.56 Å². The number of aliphatic hydroxyl groups excluding tert-OH is 1. The summed E-state index contributed by atoms with van der Waals surface area (Å²) in [6.07, 6.45) is -0.228. The molecule has 0 radical (unpaired) electrons. The molecule has 0 saturated heterocycles. The SMILES string of the molecule is CC(O)C(C)SCc1ccccc1. The molecule has 1 aromatic carbocycles. The summed E-state index contributed by atoms with van der Waals surface area (Å²) in [6.45, 7) is 3.89. The lowest BCUT2D eigenvalue weighted by molar-refractivity contribution is 0.196. The van der Waals surface area contributed by atoms with Crippen LogP contribution in [0.5, 0.6) is 0 Å². The molecule has 0 spiro atoms. The Morgan fingerprint density at radius 3 is 2.38 bits per heavy atom. The van der Waals surface area contributed by atoms with Crippen LogP contribution in [0.15, 0.2) is 30.3 Å². The van der Waals surface area contributed by atoms with Gasteiger partial charge >= 0.3 is 0 Å². The van der Waals surface area contributed by atoms with E-state index >= 15 is 0 Å². The molecule has 0 amide bonds. The number of rotatable bonds is 4. The smallest absolute Gasteiger partial charge is 0.0628 e. The lowest BCUT2D eigenvalue weighted by Crippen LogP contribution is -2.15. The van der Waals surface area contributed by atoms with Crippen molar-refractivity contribution in [3.8, 4) is 0 Å². The van der Waals surface area contributed by atoms with Crippen LogP contribution in [0.3, 0.4) is 0 Å². The summed E-state index contributed by atoms with van der Waals surface area (Å²) < 4.78 is 0. The molecule has 1 nitrogen and oxygen atoms in total. The molecule has 13 heavy (non-hydrogen) atoms. The van der Waals surface area contributed by atoms with E-state index in [2.05, 4.69) is 19.1 Å². The Hall–Kier alpha value is -0.470. The highest BCUT2D eigenvalue weighted by Gasteiger charge is 2.08. The first kappa shape index (κ1) is 10.6. The second kappa shape index (κ2) is 5.30. The maximum absolute atomic E-state index is 9.28. The van der Waals surface area contributed by atoms with Crippen LogP contribution < -0.4 is 0 Å². The number of aliphatic hydroxyl groups is 1. The summed E-state index contributed by atoms with van der Waals surface area (Å²) in [5, 5.41) is 9.58. The van der Waals surface area contributed by atoms with E-state index < -0.39 is 0 Å². The number of thioether (sulfide) groups is 1. The lowest BCUT2D eigenvalue weighted by atomic mass is 10.2. The van der Waals surface area contributed by atoms with Gasteiger partial charge in [0.05, 0.1) is 6.10 Å². The fourth-order valence-corrected chi connectivity index (χ4v) is 1.87. The predicted molar refractivity (Wildman–Crippen MR) is 58.9 cm³/mol. The number of hydrogen-bond acceptors (Lipinski definition) is 2. The Morgan fingerprint density at radius 1 is 1.23 bits per heavy atom. The zero-order valence-corrected chi connectivity index (χ0v) is 8.92. The molecule has 1 aromatic rings. The third-order valence-corrected chi connectivity index (χ3v) is 3.45. The second-order valence-electron chi connectivity index (χ2n) is 3.24. The molecule has 2 atom stereocenters. The Morgan fingerprint density at radius 2 is 1.85 bits per heavy atom. The highest BCUT2D eigenvalue weighted by atomic mass is 32.2. The second-order valence-corrected chi connectivity index (χ2v) is 4.61. The molecule has 0 aromatic heterocycles. The molecule has 0 aliphatic heterocycles. The molecule has 1 N–H and O–H groups in total. The molecule has 72 valence electrons. The molecular formula is C11H16OS. The summed E-state index contributed by atoms with van der Waals surface area (Å²) >= 11 is 1.79. The maximum Gasteiger partial charge on any atom is 0.0628 e. The van der Waals surface area contributed by atoms with E-state index in [0.717, 1.165) is 5.75 Å². The first-order valence-corrected chi connectivity index (χ1v) is 5.58. The van der Waals surface area contributed by atoms with Crippen LogP contribution in [0.2, 0.25) is 0 Å². The summed E-state index contributed by atoms with van der Waals surface area (Å²) in [5.41, 5.74) is 1.32. The summed E-state index contributed by atoms with van der Waals surface area (Å²) in [4.78, 5) is 0. The van der Waals surface area contributed by atoms with Gasteiger partial charge in [0.2, 0.25) is 0 Å². The fraction of sp³-hybridized carbons (Fsp3) is 0.455. The van der Waals surface area contributed by atoms with Gasteiger partial charge in [0.1, 0.15) is 0 Å². The van der Waals surface area contributed by atoms with Crippen LogP contribution in [0.25, 0.3) is 0 Å². The highest BCUT2D eigenvalue weighted by molar-refractivity contribution is 7.99. The van der Waals surface area contributed by atoms with E-state index in [9.17, 15) is 5.11 Å². The molecule has 0 bridgehead atoms. The Balaban J connectivity index is 2.35. The minimum Gasteiger partial charge on any atom is -0.392 e. The van der Waals surface area contributed by atoms with Crippen molar-refractivity contribution in [2.45, 2.75) is 31.0 Å². The molecule has 0 saturated carbocycles. The van der Waals surface area contributed by atoms with Crippen molar-refractivity contribution in [3.05, 3.63) is 35.9 Å². The van der Waals surface area contributed by atoms with Crippen LogP contribution in [0.4, 0.5) is 0 Å². The first-order chi connectivity index (χ1) is 6.20. The average Bonchev–Trinajstić information content (AvgIpc) is 2.15. The summed E-state index contributed by atoms with van der Waals surface area (Å²) in [6, 6.07) is 10.3. The Kier molecular flexibility index (Phi) is 4.33. The van der Waals surface area contributed by atoms with E-state index in [1.807, 2.05) is 25.1 Å². The first-order valence-electron chi connectivity index (χ1n) is 4.53. The Bertz CT molecular complexity index is 233. The normalized spacial score (nSPS) is 15.3. The highest BCUT2D eigenvalue weighted by Crippen LogP contribution is 2.19. The van der Waals surface area contributed by atoms with Crippen molar-refractivity contribution in [2.75, 3.05) is 0 Å². The van der Waals surface area contributed by atoms with Crippen LogP contribution in [-0.2, 0) is 5.75 Å². The lowest BCUT2D eigenvalue weighted by Gasteiger charge is -2.13. The van der Waals surface area contributed by atoms with Gasteiger partial charge in [0.15, 0.2) is 0 Å². The van der Waals surface area contributed by atoms with Crippen LogP contribution in [0.1, 0.15) is 19.4 Å². The minimum atomic E-state index is -0.228. The molecular weight excluding hydrogens is 180 g/mol. The topological polar surface area (TPSA) is 20.2 Å². The zero-order chi connectivity index (χ0) is 9.68. The van der Waals surface area contributed by atoms with E-state index in [1.54, 1.807) is 11.8 Å². The minimum absolute atomic E-state index is 0.228. The monoisotopic (exact) mass is 196 g/mol. The number of benzene rings is 1. The van der Waals surface area contributed by atoms with Gasteiger partial charge in [-0.15, -0.1) is 0 Å². The molecule has 0 aliphatic carbocycles. The molecule has 2 unspecified atom stereocenters. The molecule has 0 fully saturated rings. The van der Waals surface area contributed by atoms with Crippen LogP contribution in [-0.4, -0.2) is 16.5 Å². The van der Waals surface area contributed by atoms with E-state index in [0.29, 0.717) is 5.25 Å². The largest absolute Gasteiger partial charge is 0.392 e. The van der Waals surface area contributed by atoms with Crippen molar-refractivity contribution in [1.82, 2.24) is 0 Å². The third-order valence-electron chi connectivity index (χ3n) is 2.04. The van der Waals surface area contributed by atoms with Gasteiger partial charge in [-0.25, -0.2) is 0 Å². The van der Waals surface area contributed by atoms with Crippen molar-refractivity contribution < 1.29 is 5.11 Å². The quantitative estimate of drug-likeness (QED) is 0.799. The van der Waals surface area contributed by atoms with Gasteiger partial charge in [-0.05, 0) is 12.5 Å². The van der Waals surface area contributed by atoms with Gasteiger partial charge in [-0.3, -0.25) is 0 Å². The van der Waals surface area contributed by atoms with Gasteiger partial charge in [-0.1, -0.05) is 37.3 Å². The van der Waals surface area contributed by atoms with Gasteiger partial charge in [0.25, 0.3) is 0 Å². The Labute approximate surface area is 84.2 Å². The molecule has 1 rings (SSSR count). The number of hydrogen-bond donors (Lipinski definition) is 1. The summed E-state index contributed by atoms with van der Waals surface area (Å²) in [7, 11) is 0.